The predicted octanol–water partition coefficient (Wildman–Crippen LogP) is 2.70. The molecule has 1 aromatic heterocycles. The Morgan fingerprint density at radius 2 is 2.00 bits per heavy atom. The number of carbonyl (C=O) groups excluding carboxylic acids is 1. The smallest absolute Gasteiger partial charge is 0.259 e. The van der Waals surface area contributed by atoms with E-state index < -0.39 is 9.84 Å². The van der Waals surface area contributed by atoms with Gasteiger partial charge in [0, 0.05) is 18.4 Å². The van der Waals surface area contributed by atoms with Gasteiger partial charge in [-0.05, 0) is 38.0 Å². The molecule has 0 saturated heterocycles. The highest BCUT2D eigenvalue weighted by atomic mass is 32.2. The Morgan fingerprint density at radius 3 is 2.62 bits per heavy atom. The molecule has 1 saturated carbocycles. The van der Waals surface area contributed by atoms with E-state index in [0.717, 1.165) is 18.5 Å². The Morgan fingerprint density at radius 1 is 1.29 bits per heavy atom. The summed E-state index contributed by atoms with van der Waals surface area (Å²) in [5, 5.41) is 6.50. The van der Waals surface area contributed by atoms with Crippen molar-refractivity contribution in [1.29, 1.82) is 0 Å². The lowest BCUT2D eigenvalue weighted by Gasteiger charge is -2.12. The van der Waals surface area contributed by atoms with Gasteiger partial charge in [-0.25, -0.2) is 8.42 Å². The Balaban J connectivity index is 1.83. The normalized spacial score (nSPS) is 15.6. The van der Waals surface area contributed by atoms with Gasteiger partial charge in [-0.3, -0.25) is 9.48 Å². The summed E-state index contributed by atoms with van der Waals surface area (Å²) >= 11 is 0. The van der Waals surface area contributed by atoms with Crippen LogP contribution in [0.25, 0.3) is 0 Å². The first-order valence-corrected chi connectivity index (χ1v) is 9.58. The van der Waals surface area contributed by atoms with Crippen molar-refractivity contribution in [3.8, 4) is 0 Å². The zero-order valence-electron chi connectivity index (χ0n) is 13.8. The van der Waals surface area contributed by atoms with E-state index in [0.29, 0.717) is 24.1 Å². The van der Waals surface area contributed by atoms with Gasteiger partial charge >= 0.3 is 0 Å². The second kappa shape index (κ2) is 6.39. The molecule has 1 amide bonds. The van der Waals surface area contributed by atoms with Gasteiger partial charge in [-0.1, -0.05) is 18.9 Å². The van der Waals surface area contributed by atoms with Crippen molar-refractivity contribution >= 4 is 21.4 Å². The van der Waals surface area contributed by atoms with Gasteiger partial charge in [-0.15, -0.1) is 0 Å². The Kier molecular flexibility index (Phi) is 4.45. The molecule has 6 nitrogen and oxygen atoms in total. The lowest BCUT2D eigenvalue weighted by Crippen LogP contribution is -2.18. The number of aryl methyl sites for hydroxylation is 1. The summed E-state index contributed by atoms with van der Waals surface area (Å²) in [6, 6.07) is 6.49. The molecule has 0 unspecified atom stereocenters. The Hall–Kier alpha value is -2.15. The number of hydrogen-bond acceptors (Lipinski definition) is 4. The summed E-state index contributed by atoms with van der Waals surface area (Å²) in [5.74, 6) is -0.295. The van der Waals surface area contributed by atoms with Crippen LogP contribution in [0.2, 0.25) is 0 Å². The molecule has 0 atom stereocenters. The molecule has 2 aromatic rings. The van der Waals surface area contributed by atoms with E-state index in [1.54, 1.807) is 29.9 Å². The third-order valence-corrected chi connectivity index (χ3v) is 6.90. The van der Waals surface area contributed by atoms with E-state index in [9.17, 15) is 13.2 Å². The second-order valence-corrected chi connectivity index (χ2v) is 8.43. The molecule has 0 radical (unpaired) electrons. The minimum atomic E-state index is -3.33. The molecule has 0 aliphatic heterocycles. The number of nitrogens with zero attached hydrogens (tertiary/aromatic N) is 2. The van der Waals surface area contributed by atoms with Gasteiger partial charge in [0.2, 0.25) is 0 Å². The highest BCUT2D eigenvalue weighted by Crippen LogP contribution is 2.30. The van der Waals surface area contributed by atoms with Crippen LogP contribution in [-0.2, 0) is 16.9 Å². The average molecular weight is 347 g/mol. The van der Waals surface area contributed by atoms with Crippen LogP contribution >= 0.6 is 0 Å². The van der Waals surface area contributed by atoms with Crippen LogP contribution in [0.15, 0.2) is 35.4 Å². The van der Waals surface area contributed by atoms with E-state index in [4.69, 9.17) is 0 Å². The molecule has 1 N–H and O–H groups in total. The van der Waals surface area contributed by atoms with Gasteiger partial charge in [0.1, 0.15) is 0 Å². The molecule has 24 heavy (non-hydrogen) atoms. The van der Waals surface area contributed by atoms with Crippen molar-refractivity contribution < 1.29 is 13.2 Å². The molecule has 1 aromatic carbocycles. The fourth-order valence-electron chi connectivity index (χ4n) is 3.06. The number of nitrogens with one attached hydrogen (secondary N) is 1. The molecule has 7 heteroatoms. The number of amides is 1. The van der Waals surface area contributed by atoms with Crippen molar-refractivity contribution in [2.45, 2.75) is 42.8 Å². The topological polar surface area (TPSA) is 81.1 Å². The number of carbonyl (C=O) groups is 1. The molecule has 3 rings (SSSR count). The van der Waals surface area contributed by atoms with Crippen molar-refractivity contribution in [3.05, 3.63) is 41.7 Å². The summed E-state index contributed by atoms with van der Waals surface area (Å²) in [6.07, 6.45) is 4.85. The van der Waals surface area contributed by atoms with Crippen molar-refractivity contribution in [2.24, 2.45) is 7.05 Å². The van der Waals surface area contributed by atoms with Crippen LogP contribution in [0.3, 0.4) is 0 Å². The summed E-state index contributed by atoms with van der Waals surface area (Å²) in [6.45, 7) is 1.81. The highest BCUT2D eigenvalue weighted by molar-refractivity contribution is 7.92. The van der Waals surface area contributed by atoms with Crippen molar-refractivity contribution in [2.75, 3.05) is 5.32 Å². The fourth-order valence-corrected chi connectivity index (χ4v) is 4.96. The monoisotopic (exact) mass is 347 g/mol. The molecule has 1 fully saturated rings. The third kappa shape index (κ3) is 3.08. The van der Waals surface area contributed by atoms with Gasteiger partial charge in [-0.2, -0.15) is 5.10 Å². The maximum atomic E-state index is 12.7. The number of hydrogen-bond donors (Lipinski definition) is 1. The maximum Gasteiger partial charge on any atom is 0.259 e. The van der Waals surface area contributed by atoms with Crippen LogP contribution in [0.4, 0.5) is 5.69 Å². The summed E-state index contributed by atoms with van der Waals surface area (Å²) < 4.78 is 27.0. The van der Waals surface area contributed by atoms with E-state index in [1.807, 2.05) is 6.92 Å². The minimum absolute atomic E-state index is 0.273. The molecular formula is C17H21N3O3S. The zero-order chi connectivity index (χ0) is 17.3. The molecule has 0 bridgehead atoms. The average Bonchev–Trinajstić information content (AvgIpc) is 3.19. The number of anilines is 1. The van der Waals surface area contributed by atoms with Crippen LogP contribution in [-0.4, -0.2) is 29.4 Å². The van der Waals surface area contributed by atoms with E-state index in [1.165, 1.54) is 12.3 Å². The number of rotatable bonds is 4. The lowest BCUT2D eigenvalue weighted by molar-refractivity contribution is 0.102. The van der Waals surface area contributed by atoms with E-state index in [-0.39, 0.29) is 16.1 Å². The Labute approximate surface area is 141 Å². The van der Waals surface area contributed by atoms with Gasteiger partial charge in [0.05, 0.1) is 21.9 Å². The van der Waals surface area contributed by atoms with Crippen LogP contribution in [0, 0.1) is 6.92 Å². The first-order valence-electron chi connectivity index (χ1n) is 8.03. The van der Waals surface area contributed by atoms with Crippen molar-refractivity contribution in [3.63, 3.8) is 0 Å². The summed E-state index contributed by atoms with van der Waals surface area (Å²) in [4.78, 5) is 12.6. The number of sulfone groups is 1. The lowest BCUT2D eigenvalue weighted by atomic mass is 10.2. The van der Waals surface area contributed by atoms with Crippen LogP contribution < -0.4 is 5.32 Å². The maximum absolute atomic E-state index is 12.7. The Bertz CT molecular complexity index is 865. The second-order valence-electron chi connectivity index (χ2n) is 6.20. The molecular weight excluding hydrogens is 326 g/mol. The summed E-state index contributed by atoms with van der Waals surface area (Å²) in [5.41, 5.74) is 1.70. The zero-order valence-corrected chi connectivity index (χ0v) is 14.6. The minimum Gasteiger partial charge on any atom is -0.322 e. The molecule has 1 aliphatic rings. The first kappa shape index (κ1) is 16.7. The van der Waals surface area contributed by atoms with E-state index in [2.05, 4.69) is 10.4 Å². The predicted molar refractivity (Wildman–Crippen MR) is 91.8 cm³/mol. The summed E-state index contributed by atoms with van der Waals surface area (Å²) in [7, 11) is -1.57. The van der Waals surface area contributed by atoms with E-state index >= 15 is 0 Å². The molecule has 0 spiro atoms. The molecule has 1 heterocycles. The molecule has 128 valence electrons. The fraction of sp³-hybridized carbons (Fsp3) is 0.412. The van der Waals surface area contributed by atoms with Crippen LogP contribution in [0.1, 0.15) is 41.7 Å². The third-order valence-electron chi connectivity index (χ3n) is 4.64. The van der Waals surface area contributed by atoms with Gasteiger partial charge < -0.3 is 5.32 Å². The van der Waals surface area contributed by atoms with Crippen LogP contribution in [0.5, 0.6) is 0 Å². The first-order chi connectivity index (χ1) is 11.4. The van der Waals surface area contributed by atoms with Gasteiger partial charge in [0.25, 0.3) is 5.91 Å². The van der Waals surface area contributed by atoms with Crippen molar-refractivity contribution in [1.82, 2.24) is 9.78 Å². The number of aromatic nitrogens is 2. The largest absolute Gasteiger partial charge is 0.322 e. The number of benzene rings is 1. The quantitative estimate of drug-likeness (QED) is 0.922. The van der Waals surface area contributed by atoms with Gasteiger partial charge in [0.15, 0.2) is 9.84 Å². The molecule has 1 aliphatic carbocycles. The highest BCUT2D eigenvalue weighted by Gasteiger charge is 2.30. The standard InChI is InChI=1S/C17H21N3O3S/c1-12-16(11-18-20(12)2)17(21)19-13-6-5-9-15(10-13)24(22,23)14-7-3-4-8-14/h5-6,9-11,14H,3-4,7-8H2,1-2H3,(H,19,21). The SMILES string of the molecule is Cc1c(C(=O)Nc2cccc(S(=O)(=O)C3CCCC3)c2)cnn1C.